The van der Waals surface area contributed by atoms with Crippen LogP contribution in [0, 0.1) is 0 Å². The zero-order chi connectivity index (χ0) is 18.4. The third-order valence-corrected chi connectivity index (χ3v) is 4.47. The molecule has 0 saturated carbocycles. The molecule has 5 nitrogen and oxygen atoms in total. The molecule has 2 aromatic carbocycles. The summed E-state index contributed by atoms with van der Waals surface area (Å²) < 4.78 is 5.06. The van der Waals surface area contributed by atoms with E-state index in [0.29, 0.717) is 28.8 Å². The number of hydrogen-bond donors (Lipinski definition) is 3. The highest BCUT2D eigenvalue weighted by Gasteiger charge is 2.11. The van der Waals surface area contributed by atoms with E-state index in [1.165, 1.54) is 7.11 Å². The summed E-state index contributed by atoms with van der Waals surface area (Å²) >= 11 is 11.9. The van der Waals surface area contributed by atoms with Crippen molar-refractivity contribution in [3.8, 4) is 11.5 Å². The lowest BCUT2D eigenvalue weighted by molar-refractivity contribution is 0.238. The smallest absolute Gasteiger partial charge is 0.315 e. The van der Waals surface area contributed by atoms with Gasteiger partial charge >= 0.3 is 6.03 Å². The summed E-state index contributed by atoms with van der Waals surface area (Å²) in [4.78, 5) is 12.0. The zero-order valence-electron chi connectivity index (χ0n) is 14.0. The Bertz CT molecular complexity index is 753. The number of nitrogens with one attached hydrogen (secondary N) is 2. The maximum Gasteiger partial charge on any atom is 0.315 e. The minimum absolute atomic E-state index is 0.0902. The highest BCUT2D eigenvalue weighted by Crippen LogP contribution is 2.26. The number of amides is 2. The molecular weight excluding hydrogens is 363 g/mol. The van der Waals surface area contributed by atoms with E-state index in [4.69, 9.17) is 27.9 Å². The maximum atomic E-state index is 12.0. The van der Waals surface area contributed by atoms with Crippen LogP contribution in [0.3, 0.4) is 0 Å². The van der Waals surface area contributed by atoms with Gasteiger partial charge in [0.15, 0.2) is 11.5 Å². The average Bonchev–Trinajstić information content (AvgIpc) is 2.58. The Morgan fingerprint density at radius 1 is 1.20 bits per heavy atom. The van der Waals surface area contributed by atoms with Gasteiger partial charge in [0.2, 0.25) is 0 Å². The van der Waals surface area contributed by atoms with Gasteiger partial charge in [-0.25, -0.2) is 4.79 Å². The van der Waals surface area contributed by atoms with Crippen molar-refractivity contribution >= 4 is 29.2 Å². The SMILES string of the molecule is COc1cc(CCNC(=O)NC(C)c2ccc(Cl)c(Cl)c2)ccc1O. The Morgan fingerprint density at radius 2 is 1.96 bits per heavy atom. The topological polar surface area (TPSA) is 70.6 Å². The fourth-order valence-corrected chi connectivity index (χ4v) is 2.62. The van der Waals surface area contributed by atoms with Crippen LogP contribution in [0.15, 0.2) is 36.4 Å². The number of halogens is 2. The number of aromatic hydroxyl groups is 1. The van der Waals surface area contributed by atoms with Gasteiger partial charge in [-0.1, -0.05) is 35.3 Å². The summed E-state index contributed by atoms with van der Waals surface area (Å²) in [5, 5.41) is 16.1. The molecule has 0 aliphatic rings. The Hall–Kier alpha value is -2.11. The number of phenolic OH excluding ortho intramolecular Hbond substituents is 1. The summed E-state index contributed by atoms with van der Waals surface area (Å²) in [5.41, 5.74) is 1.82. The Balaban J connectivity index is 1.83. The molecule has 0 saturated heterocycles. The van der Waals surface area contributed by atoms with E-state index in [2.05, 4.69) is 10.6 Å². The van der Waals surface area contributed by atoms with E-state index in [-0.39, 0.29) is 17.8 Å². The first kappa shape index (κ1) is 19.2. The molecule has 0 fully saturated rings. The van der Waals surface area contributed by atoms with Gasteiger partial charge in [-0.3, -0.25) is 0 Å². The molecular formula is C18H20Cl2N2O3. The summed E-state index contributed by atoms with van der Waals surface area (Å²) in [6.07, 6.45) is 0.616. The van der Waals surface area contributed by atoms with Crippen LogP contribution in [-0.4, -0.2) is 24.8 Å². The van der Waals surface area contributed by atoms with Gasteiger partial charge < -0.3 is 20.5 Å². The Labute approximate surface area is 156 Å². The number of benzene rings is 2. The monoisotopic (exact) mass is 382 g/mol. The molecule has 0 aliphatic heterocycles. The van der Waals surface area contributed by atoms with Crippen LogP contribution >= 0.6 is 23.2 Å². The summed E-state index contributed by atoms with van der Waals surface area (Å²) in [6.45, 7) is 2.32. The summed E-state index contributed by atoms with van der Waals surface area (Å²) in [7, 11) is 1.49. The second kappa shape index (κ2) is 8.83. The molecule has 25 heavy (non-hydrogen) atoms. The van der Waals surface area contributed by atoms with Crippen molar-refractivity contribution in [1.29, 1.82) is 0 Å². The number of hydrogen-bond acceptors (Lipinski definition) is 3. The van der Waals surface area contributed by atoms with E-state index in [0.717, 1.165) is 11.1 Å². The van der Waals surface area contributed by atoms with Gasteiger partial charge in [-0.15, -0.1) is 0 Å². The maximum absolute atomic E-state index is 12.0. The predicted molar refractivity (Wildman–Crippen MR) is 99.8 cm³/mol. The third kappa shape index (κ3) is 5.44. The van der Waals surface area contributed by atoms with E-state index >= 15 is 0 Å². The molecule has 2 amide bonds. The Morgan fingerprint density at radius 3 is 2.64 bits per heavy atom. The van der Waals surface area contributed by atoms with Gasteiger partial charge in [0.05, 0.1) is 23.2 Å². The molecule has 3 N–H and O–H groups in total. The molecule has 0 radical (unpaired) electrons. The van der Waals surface area contributed by atoms with Crippen LogP contribution in [0.4, 0.5) is 4.79 Å². The Kier molecular flexibility index (Phi) is 6.79. The average molecular weight is 383 g/mol. The molecule has 1 unspecified atom stereocenters. The van der Waals surface area contributed by atoms with Crippen molar-refractivity contribution in [3.05, 3.63) is 57.6 Å². The van der Waals surface area contributed by atoms with E-state index < -0.39 is 0 Å². The lowest BCUT2D eigenvalue weighted by Gasteiger charge is -2.16. The number of carbonyl (C=O) groups is 1. The third-order valence-electron chi connectivity index (χ3n) is 3.73. The van der Waals surface area contributed by atoms with Crippen molar-refractivity contribution in [1.82, 2.24) is 10.6 Å². The van der Waals surface area contributed by atoms with Gasteiger partial charge in [-0.2, -0.15) is 0 Å². The largest absolute Gasteiger partial charge is 0.504 e. The van der Waals surface area contributed by atoms with Crippen molar-refractivity contribution in [3.63, 3.8) is 0 Å². The molecule has 0 aromatic heterocycles. The number of carbonyl (C=O) groups excluding carboxylic acids is 1. The first-order valence-electron chi connectivity index (χ1n) is 7.76. The van der Waals surface area contributed by atoms with Crippen molar-refractivity contribution in [2.24, 2.45) is 0 Å². The molecule has 2 aromatic rings. The number of phenols is 1. The van der Waals surface area contributed by atoms with Gasteiger partial charge in [-0.05, 0) is 48.7 Å². The number of ether oxygens (including phenoxy) is 1. The first-order valence-corrected chi connectivity index (χ1v) is 8.51. The zero-order valence-corrected chi connectivity index (χ0v) is 15.5. The highest BCUT2D eigenvalue weighted by atomic mass is 35.5. The quantitative estimate of drug-likeness (QED) is 0.696. The number of rotatable bonds is 6. The van der Waals surface area contributed by atoms with Crippen LogP contribution < -0.4 is 15.4 Å². The summed E-state index contributed by atoms with van der Waals surface area (Å²) in [5.74, 6) is 0.502. The fourth-order valence-electron chi connectivity index (χ4n) is 2.31. The minimum atomic E-state index is -0.274. The standard InChI is InChI=1S/C18H20Cl2N2O3/c1-11(13-4-5-14(19)15(20)10-13)22-18(24)21-8-7-12-3-6-16(23)17(9-12)25-2/h3-6,9-11,23H,7-8H2,1-2H3,(H2,21,22,24). The fraction of sp³-hybridized carbons (Fsp3) is 0.278. The number of urea groups is 1. The van der Waals surface area contributed by atoms with Gasteiger partial charge in [0.25, 0.3) is 0 Å². The van der Waals surface area contributed by atoms with Crippen molar-refractivity contribution in [2.45, 2.75) is 19.4 Å². The van der Waals surface area contributed by atoms with E-state index in [9.17, 15) is 9.90 Å². The van der Waals surface area contributed by atoms with Crippen LogP contribution in [-0.2, 0) is 6.42 Å². The highest BCUT2D eigenvalue weighted by molar-refractivity contribution is 6.42. The lowest BCUT2D eigenvalue weighted by atomic mass is 10.1. The van der Waals surface area contributed by atoms with Crippen LogP contribution in [0.25, 0.3) is 0 Å². The second-order valence-corrected chi connectivity index (χ2v) is 6.37. The van der Waals surface area contributed by atoms with Crippen molar-refractivity contribution < 1.29 is 14.6 Å². The normalized spacial score (nSPS) is 11.7. The first-order chi connectivity index (χ1) is 11.9. The van der Waals surface area contributed by atoms with Crippen LogP contribution in [0.1, 0.15) is 24.1 Å². The molecule has 134 valence electrons. The lowest BCUT2D eigenvalue weighted by Crippen LogP contribution is -2.38. The second-order valence-electron chi connectivity index (χ2n) is 5.55. The van der Waals surface area contributed by atoms with Crippen molar-refractivity contribution in [2.75, 3.05) is 13.7 Å². The number of methoxy groups -OCH3 is 1. The molecule has 0 aliphatic carbocycles. The van der Waals surface area contributed by atoms with Crippen LogP contribution in [0.2, 0.25) is 10.0 Å². The van der Waals surface area contributed by atoms with Gasteiger partial charge in [0, 0.05) is 6.54 Å². The molecule has 2 rings (SSSR count). The van der Waals surface area contributed by atoms with Gasteiger partial charge in [0.1, 0.15) is 0 Å². The summed E-state index contributed by atoms with van der Waals surface area (Å²) in [6, 6.07) is 9.88. The minimum Gasteiger partial charge on any atom is -0.504 e. The molecule has 0 bridgehead atoms. The molecule has 1 atom stereocenters. The molecule has 7 heteroatoms. The van der Waals surface area contributed by atoms with E-state index in [1.807, 2.05) is 13.0 Å². The molecule has 0 spiro atoms. The molecule has 0 heterocycles. The van der Waals surface area contributed by atoms with E-state index in [1.54, 1.807) is 30.3 Å². The van der Waals surface area contributed by atoms with Crippen LogP contribution in [0.5, 0.6) is 11.5 Å². The predicted octanol–water partition coefficient (Wildman–Crippen LogP) is 4.31.